The van der Waals surface area contributed by atoms with Crippen molar-refractivity contribution >= 4 is 27.6 Å². The molecule has 5 nitrogen and oxygen atoms in total. The van der Waals surface area contributed by atoms with Gasteiger partial charge in [0, 0.05) is 12.7 Å². The van der Waals surface area contributed by atoms with E-state index in [9.17, 15) is 4.79 Å². The molecule has 0 spiro atoms. The van der Waals surface area contributed by atoms with E-state index in [-0.39, 0.29) is 11.9 Å². The van der Waals surface area contributed by atoms with E-state index in [1.54, 1.807) is 6.20 Å². The Morgan fingerprint density at radius 3 is 2.72 bits per heavy atom. The third kappa shape index (κ3) is 3.55. The highest BCUT2D eigenvalue weighted by atomic mass is 32.1. The van der Waals surface area contributed by atoms with Gasteiger partial charge in [-0.3, -0.25) is 9.69 Å². The van der Waals surface area contributed by atoms with Crippen LogP contribution >= 0.6 is 11.3 Å². The highest BCUT2D eigenvalue weighted by Crippen LogP contribution is 2.25. The molecule has 6 heteroatoms. The van der Waals surface area contributed by atoms with Crippen molar-refractivity contribution in [2.24, 2.45) is 0 Å². The van der Waals surface area contributed by atoms with Gasteiger partial charge < -0.3 is 5.32 Å². The van der Waals surface area contributed by atoms with Crippen LogP contribution in [0.2, 0.25) is 0 Å². The summed E-state index contributed by atoms with van der Waals surface area (Å²) in [4.78, 5) is 24.5. The largest absolute Gasteiger partial charge is 0.348 e. The van der Waals surface area contributed by atoms with Crippen LogP contribution in [-0.4, -0.2) is 40.4 Å². The summed E-state index contributed by atoms with van der Waals surface area (Å²) in [6.07, 6.45) is 4.17. The van der Waals surface area contributed by atoms with E-state index >= 15 is 0 Å². The molecule has 1 aromatic carbocycles. The fourth-order valence-electron chi connectivity index (χ4n) is 3.32. The lowest BCUT2D eigenvalue weighted by molar-refractivity contribution is 0.0937. The molecule has 1 aliphatic heterocycles. The van der Waals surface area contributed by atoms with Crippen LogP contribution in [-0.2, 0) is 0 Å². The number of benzene rings is 1. The first-order valence-corrected chi connectivity index (χ1v) is 9.42. The van der Waals surface area contributed by atoms with Crippen molar-refractivity contribution in [1.29, 1.82) is 0 Å². The second-order valence-electron chi connectivity index (χ2n) is 6.23. The number of carbonyl (C=O) groups excluding carboxylic acids is 1. The van der Waals surface area contributed by atoms with Crippen molar-refractivity contribution in [1.82, 2.24) is 20.2 Å². The minimum Gasteiger partial charge on any atom is -0.348 e. The monoisotopic (exact) mass is 352 g/mol. The highest BCUT2D eigenvalue weighted by molar-refractivity contribution is 7.19. The average Bonchev–Trinajstić information content (AvgIpc) is 3.32. The molecule has 1 aliphatic rings. The van der Waals surface area contributed by atoms with E-state index in [4.69, 9.17) is 0 Å². The molecule has 0 saturated carbocycles. The number of aromatic nitrogens is 2. The summed E-state index contributed by atoms with van der Waals surface area (Å²) in [6.45, 7) is 2.76. The van der Waals surface area contributed by atoms with Gasteiger partial charge in [-0.25, -0.2) is 9.97 Å². The van der Waals surface area contributed by atoms with E-state index in [0.29, 0.717) is 11.6 Å². The molecule has 0 radical (unpaired) electrons. The van der Waals surface area contributed by atoms with Crippen LogP contribution in [0.1, 0.15) is 34.2 Å². The zero-order valence-corrected chi connectivity index (χ0v) is 14.7. The molecule has 1 amide bonds. The van der Waals surface area contributed by atoms with Gasteiger partial charge >= 0.3 is 0 Å². The third-order valence-corrected chi connectivity index (χ3v) is 5.56. The number of likely N-dealkylation sites (tertiary alicyclic amines) is 1. The first kappa shape index (κ1) is 16.2. The molecule has 1 fully saturated rings. The highest BCUT2D eigenvalue weighted by Gasteiger charge is 2.24. The van der Waals surface area contributed by atoms with Crippen molar-refractivity contribution in [2.45, 2.75) is 18.9 Å². The van der Waals surface area contributed by atoms with Crippen molar-refractivity contribution in [2.75, 3.05) is 19.6 Å². The number of nitrogens with one attached hydrogen (secondary N) is 1. The number of nitrogens with zero attached hydrogens (tertiary/aromatic N) is 3. The zero-order chi connectivity index (χ0) is 17.1. The topological polar surface area (TPSA) is 58.1 Å². The van der Waals surface area contributed by atoms with Crippen LogP contribution in [0.3, 0.4) is 0 Å². The summed E-state index contributed by atoms with van der Waals surface area (Å²) in [5.74, 6) is -0.122. The number of amides is 1. The minimum absolute atomic E-state index is 0.122. The Morgan fingerprint density at radius 2 is 1.96 bits per heavy atom. The predicted molar refractivity (Wildman–Crippen MR) is 99.7 cm³/mol. The molecule has 128 valence electrons. The molecule has 2 aromatic heterocycles. The van der Waals surface area contributed by atoms with Crippen molar-refractivity contribution < 1.29 is 4.79 Å². The summed E-state index contributed by atoms with van der Waals surface area (Å²) < 4.78 is 0. The van der Waals surface area contributed by atoms with Crippen LogP contribution < -0.4 is 5.32 Å². The summed E-state index contributed by atoms with van der Waals surface area (Å²) in [6, 6.07) is 14.3. The van der Waals surface area contributed by atoms with Gasteiger partial charge in [-0.15, -0.1) is 0 Å². The van der Waals surface area contributed by atoms with Gasteiger partial charge in [-0.2, -0.15) is 0 Å². The Hall–Kier alpha value is -2.31. The van der Waals surface area contributed by atoms with E-state index in [1.807, 2.05) is 18.2 Å². The Labute approximate surface area is 150 Å². The predicted octanol–water partition coefficient (Wildman–Crippen LogP) is 3.26. The standard InChI is InChI=1S/C19H20N4OS/c24-17(19-22-15-9-6-10-20-18(15)25-19)21-13-16(23-11-4-5-12-23)14-7-2-1-3-8-14/h1-3,6-10,16H,4-5,11-13H2,(H,21,24). The lowest BCUT2D eigenvalue weighted by Crippen LogP contribution is -2.36. The van der Waals surface area contributed by atoms with Crippen LogP contribution in [0.25, 0.3) is 10.3 Å². The summed E-state index contributed by atoms with van der Waals surface area (Å²) in [5.41, 5.74) is 2.02. The molecule has 1 saturated heterocycles. The number of pyridine rings is 1. The van der Waals surface area contributed by atoms with Gasteiger partial charge in [0.15, 0.2) is 5.01 Å². The van der Waals surface area contributed by atoms with E-state index in [0.717, 1.165) is 23.4 Å². The normalized spacial score (nSPS) is 16.2. The molecule has 25 heavy (non-hydrogen) atoms. The Kier molecular flexibility index (Phi) is 4.72. The van der Waals surface area contributed by atoms with Gasteiger partial charge in [-0.1, -0.05) is 41.7 Å². The number of thiazole rings is 1. The van der Waals surface area contributed by atoms with Crippen LogP contribution in [0.5, 0.6) is 0 Å². The van der Waals surface area contributed by atoms with Crippen molar-refractivity contribution in [3.05, 3.63) is 59.2 Å². The third-order valence-electron chi connectivity index (χ3n) is 4.58. The van der Waals surface area contributed by atoms with Gasteiger partial charge in [0.25, 0.3) is 5.91 Å². The van der Waals surface area contributed by atoms with E-state index in [2.05, 4.69) is 44.5 Å². The maximum Gasteiger partial charge on any atom is 0.280 e. The fourth-order valence-corrected chi connectivity index (χ4v) is 4.14. The van der Waals surface area contributed by atoms with Gasteiger partial charge in [-0.05, 0) is 43.6 Å². The average molecular weight is 352 g/mol. The lowest BCUT2D eigenvalue weighted by Gasteiger charge is -2.28. The van der Waals surface area contributed by atoms with E-state index < -0.39 is 0 Å². The number of carbonyl (C=O) groups is 1. The van der Waals surface area contributed by atoms with Crippen molar-refractivity contribution in [3.63, 3.8) is 0 Å². The zero-order valence-electron chi connectivity index (χ0n) is 13.9. The Bertz CT molecular complexity index is 825. The quantitative estimate of drug-likeness (QED) is 0.766. The van der Waals surface area contributed by atoms with Gasteiger partial charge in [0.1, 0.15) is 10.3 Å². The van der Waals surface area contributed by atoms with Crippen LogP contribution in [0.15, 0.2) is 48.7 Å². The number of hydrogen-bond acceptors (Lipinski definition) is 5. The second kappa shape index (κ2) is 7.29. The van der Waals surface area contributed by atoms with E-state index in [1.165, 1.54) is 29.7 Å². The molecular formula is C19H20N4OS. The number of fused-ring (bicyclic) bond motifs is 1. The Balaban J connectivity index is 1.49. The number of rotatable bonds is 5. The molecule has 0 bridgehead atoms. The minimum atomic E-state index is -0.122. The second-order valence-corrected chi connectivity index (χ2v) is 7.20. The fraction of sp³-hybridized carbons (Fsp3) is 0.316. The molecule has 1 unspecified atom stereocenters. The smallest absolute Gasteiger partial charge is 0.280 e. The lowest BCUT2D eigenvalue weighted by atomic mass is 10.1. The summed E-state index contributed by atoms with van der Waals surface area (Å²) >= 11 is 1.34. The molecular weight excluding hydrogens is 332 g/mol. The molecule has 1 atom stereocenters. The van der Waals surface area contributed by atoms with Gasteiger partial charge in [0.2, 0.25) is 0 Å². The molecule has 1 N–H and O–H groups in total. The maximum atomic E-state index is 12.6. The summed E-state index contributed by atoms with van der Waals surface area (Å²) in [5, 5.41) is 3.55. The Morgan fingerprint density at radius 1 is 1.16 bits per heavy atom. The maximum absolute atomic E-state index is 12.6. The van der Waals surface area contributed by atoms with Crippen LogP contribution in [0.4, 0.5) is 0 Å². The summed E-state index contributed by atoms with van der Waals surface area (Å²) in [7, 11) is 0. The van der Waals surface area contributed by atoms with Crippen molar-refractivity contribution in [3.8, 4) is 0 Å². The van der Waals surface area contributed by atoms with Gasteiger partial charge in [0.05, 0.1) is 6.04 Å². The molecule has 0 aliphatic carbocycles. The first-order valence-electron chi connectivity index (χ1n) is 8.60. The molecule has 4 rings (SSSR count). The molecule has 3 heterocycles. The number of hydrogen-bond donors (Lipinski definition) is 1. The first-order chi connectivity index (χ1) is 12.3. The molecule has 3 aromatic rings. The SMILES string of the molecule is O=C(NCC(c1ccccc1)N1CCCC1)c1nc2cccnc2s1. The van der Waals surface area contributed by atoms with Crippen LogP contribution in [0, 0.1) is 0 Å².